The summed E-state index contributed by atoms with van der Waals surface area (Å²) in [6, 6.07) is 17.6. The van der Waals surface area contributed by atoms with Gasteiger partial charge in [-0.1, -0.05) is 31.2 Å². The average molecular weight is 397 g/mol. The van der Waals surface area contributed by atoms with Crippen molar-refractivity contribution in [2.75, 3.05) is 26.8 Å². The summed E-state index contributed by atoms with van der Waals surface area (Å²) in [5.74, 6) is 0.566. The lowest BCUT2D eigenvalue weighted by atomic mass is 10.1. The molecule has 0 saturated heterocycles. The van der Waals surface area contributed by atoms with Crippen LogP contribution in [0.25, 0.3) is 10.6 Å². The van der Waals surface area contributed by atoms with E-state index in [1.165, 1.54) is 18.4 Å². The third-order valence-corrected chi connectivity index (χ3v) is 5.45. The van der Waals surface area contributed by atoms with E-state index in [2.05, 4.69) is 22.9 Å². The van der Waals surface area contributed by atoms with Gasteiger partial charge in [-0.15, -0.1) is 11.3 Å². The summed E-state index contributed by atoms with van der Waals surface area (Å²) < 4.78 is 10.6. The highest BCUT2D eigenvalue weighted by Crippen LogP contribution is 2.30. The zero-order chi connectivity index (χ0) is 19.8. The highest BCUT2D eigenvalue weighted by molar-refractivity contribution is 7.17. The first kappa shape index (κ1) is 20.0. The molecule has 28 heavy (non-hydrogen) atoms. The van der Waals surface area contributed by atoms with Crippen LogP contribution in [-0.2, 0) is 11.3 Å². The zero-order valence-electron chi connectivity index (χ0n) is 16.1. The Morgan fingerprint density at radius 2 is 1.93 bits per heavy atom. The Morgan fingerprint density at radius 3 is 2.68 bits per heavy atom. The molecule has 0 aliphatic heterocycles. The number of thiophene rings is 1. The first-order valence-corrected chi connectivity index (χ1v) is 10.1. The number of ether oxygens (including phenoxy) is 2. The molecule has 0 radical (unpaired) electrons. The Labute approximate surface area is 169 Å². The fourth-order valence-corrected chi connectivity index (χ4v) is 3.82. The molecule has 0 aliphatic rings. The fourth-order valence-electron chi connectivity index (χ4n) is 2.86. The normalized spacial score (nSPS) is 10.8. The minimum Gasteiger partial charge on any atom is -0.492 e. The SMILES string of the molecule is CCN(CCOc1ccccc1)Cc1cccnc1-c1ccc(C(=O)OC)s1. The lowest BCUT2D eigenvalue weighted by Gasteiger charge is -2.21. The van der Waals surface area contributed by atoms with E-state index in [1.54, 1.807) is 12.3 Å². The van der Waals surface area contributed by atoms with Gasteiger partial charge in [-0.2, -0.15) is 0 Å². The van der Waals surface area contributed by atoms with E-state index < -0.39 is 0 Å². The fraction of sp³-hybridized carbons (Fsp3) is 0.273. The number of pyridine rings is 1. The highest BCUT2D eigenvalue weighted by Gasteiger charge is 2.15. The van der Waals surface area contributed by atoms with E-state index in [0.29, 0.717) is 11.5 Å². The smallest absolute Gasteiger partial charge is 0.348 e. The molecule has 0 unspecified atom stereocenters. The molecule has 0 aliphatic carbocycles. The van der Waals surface area contributed by atoms with Crippen molar-refractivity contribution in [2.24, 2.45) is 0 Å². The van der Waals surface area contributed by atoms with Crippen LogP contribution in [0.5, 0.6) is 5.75 Å². The Bertz CT molecular complexity index is 896. The van der Waals surface area contributed by atoms with Crippen LogP contribution in [0.3, 0.4) is 0 Å². The minimum atomic E-state index is -0.318. The van der Waals surface area contributed by atoms with Crippen LogP contribution >= 0.6 is 11.3 Å². The molecule has 0 bridgehead atoms. The Morgan fingerprint density at radius 1 is 1.11 bits per heavy atom. The maximum Gasteiger partial charge on any atom is 0.348 e. The Kier molecular flexibility index (Phi) is 7.17. The molecule has 146 valence electrons. The molecule has 0 saturated carbocycles. The molecular formula is C22H24N2O3S. The number of para-hydroxylation sites is 1. The van der Waals surface area contributed by atoms with Crippen LogP contribution in [0.15, 0.2) is 60.8 Å². The van der Waals surface area contributed by atoms with E-state index in [1.807, 2.05) is 42.5 Å². The van der Waals surface area contributed by atoms with Gasteiger partial charge in [0.25, 0.3) is 0 Å². The number of methoxy groups -OCH3 is 1. The predicted molar refractivity (Wildman–Crippen MR) is 112 cm³/mol. The number of hydrogen-bond acceptors (Lipinski definition) is 6. The quantitative estimate of drug-likeness (QED) is 0.499. The number of benzene rings is 1. The summed E-state index contributed by atoms with van der Waals surface area (Å²) in [6.07, 6.45) is 1.78. The van der Waals surface area contributed by atoms with Crippen molar-refractivity contribution in [3.05, 3.63) is 71.2 Å². The molecule has 0 fully saturated rings. The third kappa shape index (κ3) is 5.18. The molecule has 0 amide bonds. The summed E-state index contributed by atoms with van der Waals surface area (Å²) in [4.78, 5) is 20.2. The van der Waals surface area contributed by atoms with E-state index >= 15 is 0 Å². The predicted octanol–water partition coefficient (Wildman–Crippen LogP) is 4.50. The lowest BCUT2D eigenvalue weighted by Crippen LogP contribution is -2.28. The summed E-state index contributed by atoms with van der Waals surface area (Å²) in [7, 11) is 1.39. The first-order chi connectivity index (χ1) is 13.7. The number of nitrogens with zero attached hydrogens (tertiary/aromatic N) is 2. The average Bonchev–Trinajstić information content (AvgIpc) is 3.23. The summed E-state index contributed by atoms with van der Waals surface area (Å²) in [5, 5.41) is 0. The van der Waals surface area contributed by atoms with Gasteiger partial charge >= 0.3 is 5.97 Å². The van der Waals surface area contributed by atoms with Gasteiger partial charge in [0.1, 0.15) is 17.2 Å². The molecule has 2 aromatic heterocycles. The standard InChI is InChI=1S/C22H24N2O3S/c1-3-24(14-15-27-18-9-5-4-6-10-18)16-17-8-7-13-23-21(17)19-11-12-20(28-19)22(25)26-2/h4-13H,3,14-16H2,1-2H3. The molecule has 0 spiro atoms. The number of rotatable bonds is 9. The maximum absolute atomic E-state index is 11.7. The van der Waals surface area contributed by atoms with Crippen molar-refractivity contribution < 1.29 is 14.3 Å². The summed E-state index contributed by atoms with van der Waals surface area (Å²) in [6.45, 7) is 5.25. The van der Waals surface area contributed by atoms with E-state index in [-0.39, 0.29) is 5.97 Å². The van der Waals surface area contributed by atoms with Crippen LogP contribution in [0.2, 0.25) is 0 Å². The van der Waals surface area contributed by atoms with Gasteiger partial charge in [-0.3, -0.25) is 9.88 Å². The van der Waals surface area contributed by atoms with E-state index in [9.17, 15) is 4.79 Å². The molecule has 0 atom stereocenters. The van der Waals surface area contributed by atoms with E-state index in [4.69, 9.17) is 9.47 Å². The maximum atomic E-state index is 11.7. The largest absolute Gasteiger partial charge is 0.492 e. The number of carbonyl (C=O) groups excluding carboxylic acids is 1. The van der Waals surface area contributed by atoms with Crippen molar-refractivity contribution in [3.63, 3.8) is 0 Å². The number of esters is 1. The lowest BCUT2D eigenvalue weighted by molar-refractivity contribution is 0.0606. The van der Waals surface area contributed by atoms with Gasteiger partial charge in [0.05, 0.1) is 17.7 Å². The van der Waals surface area contributed by atoms with E-state index in [0.717, 1.165) is 41.5 Å². The molecule has 3 rings (SSSR count). The van der Waals surface area contributed by atoms with Gasteiger partial charge in [0.15, 0.2) is 0 Å². The van der Waals surface area contributed by atoms with Gasteiger partial charge in [0.2, 0.25) is 0 Å². The van der Waals surface area contributed by atoms with Crippen molar-refractivity contribution in [1.82, 2.24) is 9.88 Å². The van der Waals surface area contributed by atoms with Gasteiger partial charge in [-0.05, 0) is 42.4 Å². The van der Waals surface area contributed by atoms with Crippen molar-refractivity contribution in [1.29, 1.82) is 0 Å². The van der Waals surface area contributed by atoms with Gasteiger partial charge in [-0.25, -0.2) is 4.79 Å². The Hall–Kier alpha value is -2.70. The topological polar surface area (TPSA) is 51.7 Å². The minimum absolute atomic E-state index is 0.318. The second-order valence-electron chi connectivity index (χ2n) is 6.20. The molecule has 2 heterocycles. The van der Waals surface area contributed by atoms with Crippen LogP contribution in [0, 0.1) is 0 Å². The molecule has 5 nitrogen and oxygen atoms in total. The molecule has 1 aromatic carbocycles. The third-order valence-electron chi connectivity index (χ3n) is 4.38. The molecule has 0 N–H and O–H groups in total. The molecule has 6 heteroatoms. The second-order valence-corrected chi connectivity index (χ2v) is 7.28. The second kappa shape index (κ2) is 10.0. The van der Waals surface area contributed by atoms with Crippen molar-refractivity contribution >= 4 is 17.3 Å². The molecule has 3 aromatic rings. The monoisotopic (exact) mass is 396 g/mol. The summed E-state index contributed by atoms with van der Waals surface area (Å²) >= 11 is 1.40. The highest BCUT2D eigenvalue weighted by atomic mass is 32.1. The van der Waals surface area contributed by atoms with Crippen molar-refractivity contribution in [2.45, 2.75) is 13.5 Å². The number of aromatic nitrogens is 1. The molecular weight excluding hydrogens is 372 g/mol. The van der Waals surface area contributed by atoms with Gasteiger partial charge < -0.3 is 9.47 Å². The zero-order valence-corrected chi connectivity index (χ0v) is 16.9. The van der Waals surface area contributed by atoms with Gasteiger partial charge in [0, 0.05) is 19.3 Å². The van der Waals surface area contributed by atoms with Crippen molar-refractivity contribution in [3.8, 4) is 16.3 Å². The first-order valence-electron chi connectivity index (χ1n) is 9.24. The number of carbonyl (C=O) groups is 1. The van der Waals surface area contributed by atoms with Crippen LogP contribution in [0.1, 0.15) is 22.2 Å². The van der Waals surface area contributed by atoms with Crippen LogP contribution < -0.4 is 4.74 Å². The Balaban J connectivity index is 1.67. The van der Waals surface area contributed by atoms with Crippen LogP contribution in [0.4, 0.5) is 0 Å². The number of likely N-dealkylation sites (N-methyl/N-ethyl adjacent to an activating group) is 1. The number of hydrogen-bond donors (Lipinski definition) is 0. The summed E-state index contributed by atoms with van der Waals surface area (Å²) in [5.41, 5.74) is 2.03. The van der Waals surface area contributed by atoms with Crippen LogP contribution in [-0.4, -0.2) is 42.7 Å².